The van der Waals surface area contributed by atoms with E-state index in [0.717, 1.165) is 0 Å². The molecule has 3 rings (SSSR count). The fourth-order valence-corrected chi connectivity index (χ4v) is 6.26. The van der Waals surface area contributed by atoms with Crippen molar-refractivity contribution in [3.63, 3.8) is 0 Å². The molecule has 0 saturated carbocycles. The second-order valence-corrected chi connectivity index (χ2v) is 11.1. The number of nitrogens with zero attached hydrogens (tertiary/aromatic N) is 4. The fraction of sp³-hybridized carbons (Fsp3) is 0.615. The quantitative estimate of drug-likeness (QED) is 0.302. The Morgan fingerprint density at radius 2 is 1.67 bits per heavy atom. The maximum Gasteiger partial charge on any atom is 0.490 e. The molecule has 1 fully saturated rings. The van der Waals surface area contributed by atoms with Crippen LogP contribution in [0.15, 0.2) is 12.7 Å². The largest absolute Gasteiger partial charge is 0.490 e. The van der Waals surface area contributed by atoms with E-state index in [9.17, 15) is 23.5 Å². The standard InChI is InChI=1S/C13H21N4O13P3/c1-7-9-12(15-5-14-7)17(6-16-9)13-11(26-3)10(25-2)8(28-13)4-27-32(21,22)30-33(23,24)29-31(18,19)20/h5-6,8,10-11,13H,4H2,1-3H3,(H,21,22)(H,23,24)(H2,18,19,20)/t8-,10?,11+,13-/m1/s1. The van der Waals surface area contributed by atoms with E-state index in [0.29, 0.717) is 16.9 Å². The minimum absolute atomic E-state index is 0.429. The Bertz CT molecular complexity index is 1140. The smallest absolute Gasteiger partial charge is 0.376 e. The van der Waals surface area contributed by atoms with Gasteiger partial charge < -0.3 is 33.8 Å². The highest BCUT2D eigenvalue weighted by Crippen LogP contribution is 2.66. The van der Waals surface area contributed by atoms with E-state index < -0.39 is 54.6 Å². The van der Waals surface area contributed by atoms with Crippen LogP contribution in [-0.2, 0) is 41.1 Å². The highest BCUT2D eigenvalue weighted by atomic mass is 31.3. The van der Waals surface area contributed by atoms with Gasteiger partial charge in [-0.15, -0.1) is 0 Å². The second-order valence-electron chi connectivity index (χ2n) is 6.64. The summed E-state index contributed by atoms with van der Waals surface area (Å²) in [6.45, 7) is 1.04. The molecule has 3 unspecified atom stereocenters. The van der Waals surface area contributed by atoms with Gasteiger partial charge in [0.25, 0.3) is 0 Å². The lowest BCUT2D eigenvalue weighted by Gasteiger charge is -2.22. The third-order valence-corrected chi connectivity index (χ3v) is 8.27. The molecule has 3 heterocycles. The first kappa shape index (κ1) is 26.4. The maximum absolute atomic E-state index is 12.0. The molecule has 17 nitrogen and oxygen atoms in total. The van der Waals surface area contributed by atoms with Crippen molar-refractivity contribution in [2.75, 3.05) is 20.8 Å². The lowest BCUT2D eigenvalue weighted by atomic mass is 10.1. The third-order valence-electron chi connectivity index (χ3n) is 4.46. The Morgan fingerprint density at radius 3 is 2.27 bits per heavy atom. The molecule has 0 bridgehead atoms. The van der Waals surface area contributed by atoms with Crippen LogP contribution in [0.5, 0.6) is 0 Å². The van der Waals surface area contributed by atoms with Gasteiger partial charge in [0.2, 0.25) is 0 Å². The first-order chi connectivity index (χ1) is 15.3. The van der Waals surface area contributed by atoms with Crippen molar-refractivity contribution < 1.29 is 60.6 Å². The molecule has 1 saturated heterocycles. The molecule has 0 radical (unpaired) electrons. The minimum Gasteiger partial charge on any atom is -0.376 e. The molecular weight excluding hydrogens is 513 g/mol. The highest BCUT2D eigenvalue weighted by molar-refractivity contribution is 7.66. The van der Waals surface area contributed by atoms with Gasteiger partial charge >= 0.3 is 23.5 Å². The molecular formula is C13H21N4O13P3. The van der Waals surface area contributed by atoms with Gasteiger partial charge in [-0.3, -0.25) is 9.09 Å². The normalized spacial score (nSPS) is 27.5. The van der Waals surface area contributed by atoms with E-state index in [4.69, 9.17) is 24.0 Å². The number of aryl methyl sites for hydroxylation is 1. The summed E-state index contributed by atoms with van der Waals surface area (Å²) in [4.78, 5) is 48.6. The first-order valence-corrected chi connectivity index (χ1v) is 13.4. The Morgan fingerprint density at radius 1 is 1.00 bits per heavy atom. The Hall–Kier alpha value is -1.16. The number of phosphoric acid groups is 3. The summed E-state index contributed by atoms with van der Waals surface area (Å²) in [6, 6.07) is 0. The summed E-state index contributed by atoms with van der Waals surface area (Å²) in [5.41, 5.74) is 1.57. The van der Waals surface area contributed by atoms with Crippen molar-refractivity contribution in [3.8, 4) is 0 Å². The van der Waals surface area contributed by atoms with Crippen LogP contribution in [-0.4, -0.2) is 78.2 Å². The van der Waals surface area contributed by atoms with Crippen molar-refractivity contribution in [2.45, 2.75) is 31.5 Å². The lowest BCUT2D eigenvalue weighted by Crippen LogP contribution is -2.36. The van der Waals surface area contributed by atoms with Crippen LogP contribution in [0.1, 0.15) is 11.9 Å². The molecule has 0 aromatic carbocycles. The maximum atomic E-state index is 12.0. The summed E-state index contributed by atoms with van der Waals surface area (Å²) in [7, 11) is -13.8. The van der Waals surface area contributed by atoms with Gasteiger partial charge in [-0.05, 0) is 6.92 Å². The number of hydrogen-bond acceptors (Lipinski definition) is 12. The van der Waals surface area contributed by atoms with Gasteiger partial charge in [0.1, 0.15) is 30.2 Å². The zero-order valence-corrected chi connectivity index (χ0v) is 19.9. The Kier molecular flexibility index (Phi) is 7.88. The van der Waals surface area contributed by atoms with E-state index in [-0.39, 0.29) is 0 Å². The monoisotopic (exact) mass is 534 g/mol. The van der Waals surface area contributed by atoms with E-state index in [1.165, 1.54) is 26.9 Å². The molecule has 20 heteroatoms. The second kappa shape index (κ2) is 9.84. The van der Waals surface area contributed by atoms with Crippen molar-refractivity contribution in [3.05, 3.63) is 18.3 Å². The Labute approximate surface area is 186 Å². The van der Waals surface area contributed by atoms with Crippen molar-refractivity contribution in [1.82, 2.24) is 19.5 Å². The van der Waals surface area contributed by atoms with Crippen molar-refractivity contribution in [1.29, 1.82) is 0 Å². The molecule has 4 N–H and O–H groups in total. The summed E-state index contributed by atoms with van der Waals surface area (Å²) in [6.07, 6.45) is -0.762. The van der Waals surface area contributed by atoms with Gasteiger partial charge in [-0.2, -0.15) is 8.62 Å². The van der Waals surface area contributed by atoms with Crippen LogP contribution in [0, 0.1) is 6.92 Å². The van der Waals surface area contributed by atoms with E-state index in [1.54, 1.807) is 11.5 Å². The number of hydrogen-bond donors (Lipinski definition) is 4. The zero-order chi connectivity index (χ0) is 24.6. The van der Waals surface area contributed by atoms with Crippen LogP contribution in [0.25, 0.3) is 11.2 Å². The summed E-state index contributed by atoms with van der Waals surface area (Å²) < 4.78 is 64.6. The fourth-order valence-electron chi connectivity index (χ4n) is 3.23. The van der Waals surface area contributed by atoms with Crippen LogP contribution in [0.4, 0.5) is 0 Å². The highest BCUT2D eigenvalue weighted by Gasteiger charge is 2.48. The van der Waals surface area contributed by atoms with Crippen molar-refractivity contribution in [2.24, 2.45) is 0 Å². The number of methoxy groups -OCH3 is 2. The SMILES string of the molecule is COC1[C@@H](COP(=O)(O)OP(=O)(O)OP(=O)(O)O)O[C@@H](n2cnc3c(C)ncnc32)[C@H]1OC. The molecule has 2 aromatic rings. The number of rotatable bonds is 10. The number of phosphoric ester groups is 1. The van der Waals surface area contributed by atoms with Gasteiger partial charge in [0.15, 0.2) is 11.9 Å². The molecule has 0 amide bonds. The minimum atomic E-state index is -5.65. The van der Waals surface area contributed by atoms with Crippen LogP contribution in [0.2, 0.25) is 0 Å². The molecule has 0 aliphatic carbocycles. The Balaban J connectivity index is 1.77. The lowest BCUT2D eigenvalue weighted by molar-refractivity contribution is -0.0577. The summed E-state index contributed by atoms with van der Waals surface area (Å²) in [5, 5.41) is 0. The molecule has 1 aliphatic heterocycles. The van der Waals surface area contributed by atoms with Crippen LogP contribution < -0.4 is 0 Å². The number of ether oxygens (including phenoxy) is 3. The molecule has 33 heavy (non-hydrogen) atoms. The molecule has 6 atom stereocenters. The number of aromatic nitrogens is 4. The van der Waals surface area contributed by atoms with Gasteiger partial charge in [-0.25, -0.2) is 28.6 Å². The van der Waals surface area contributed by atoms with E-state index in [2.05, 4.69) is 28.1 Å². The molecule has 2 aromatic heterocycles. The zero-order valence-electron chi connectivity index (χ0n) is 17.3. The topological polar surface area (TPSA) is 231 Å². The summed E-state index contributed by atoms with van der Waals surface area (Å²) >= 11 is 0. The number of fused-ring (bicyclic) bond motifs is 1. The van der Waals surface area contributed by atoms with E-state index >= 15 is 0 Å². The molecule has 186 valence electrons. The predicted molar refractivity (Wildman–Crippen MR) is 105 cm³/mol. The van der Waals surface area contributed by atoms with Gasteiger partial charge in [-0.1, -0.05) is 0 Å². The van der Waals surface area contributed by atoms with E-state index in [1.807, 2.05) is 0 Å². The molecule has 1 aliphatic rings. The average Bonchev–Trinajstić information content (AvgIpc) is 3.24. The molecule has 0 spiro atoms. The first-order valence-electron chi connectivity index (χ1n) is 8.90. The van der Waals surface area contributed by atoms with Gasteiger partial charge in [0, 0.05) is 14.2 Å². The predicted octanol–water partition coefficient (Wildman–Crippen LogP) is 0.405. The third kappa shape index (κ3) is 6.29. The number of imidazole rings is 1. The van der Waals surface area contributed by atoms with Crippen LogP contribution >= 0.6 is 23.5 Å². The van der Waals surface area contributed by atoms with Crippen LogP contribution in [0.3, 0.4) is 0 Å². The van der Waals surface area contributed by atoms with Gasteiger partial charge in [0.05, 0.1) is 18.6 Å². The average molecular weight is 534 g/mol. The summed E-state index contributed by atoms with van der Waals surface area (Å²) in [5.74, 6) is 0. The van der Waals surface area contributed by atoms with Crippen molar-refractivity contribution >= 4 is 34.6 Å².